The van der Waals surface area contributed by atoms with E-state index in [2.05, 4.69) is 6.92 Å². The Morgan fingerprint density at radius 1 is 1.39 bits per heavy atom. The standard InChI is InChI=1S/C13H24F3NO/c1-10-5-4-7-12(9-10,17(2)3)11(18)6-8-13(14,15)16/h10-11,18H,4-9H2,1-3H3. The van der Waals surface area contributed by atoms with Crippen molar-refractivity contribution in [2.24, 2.45) is 5.92 Å². The molecule has 0 aromatic rings. The summed E-state index contributed by atoms with van der Waals surface area (Å²) in [6, 6.07) is 0. The van der Waals surface area contributed by atoms with Gasteiger partial charge in [-0.15, -0.1) is 0 Å². The SMILES string of the molecule is CC1CCCC(C(O)CCC(F)(F)F)(N(C)C)C1. The maximum atomic E-state index is 12.3. The molecule has 1 aliphatic carbocycles. The van der Waals surface area contributed by atoms with Crippen LogP contribution in [0, 0.1) is 5.92 Å². The highest BCUT2D eigenvalue weighted by molar-refractivity contribution is 4.98. The van der Waals surface area contributed by atoms with Crippen LogP contribution in [0.2, 0.25) is 0 Å². The van der Waals surface area contributed by atoms with Crippen molar-refractivity contribution in [1.82, 2.24) is 4.90 Å². The van der Waals surface area contributed by atoms with E-state index in [4.69, 9.17) is 0 Å². The number of aliphatic hydroxyl groups excluding tert-OH is 1. The molecule has 0 aliphatic heterocycles. The zero-order valence-electron chi connectivity index (χ0n) is 11.4. The molecular formula is C13H24F3NO. The van der Waals surface area contributed by atoms with Crippen LogP contribution in [0.4, 0.5) is 13.2 Å². The molecule has 1 aliphatic rings. The van der Waals surface area contributed by atoms with Gasteiger partial charge in [-0.25, -0.2) is 0 Å². The van der Waals surface area contributed by atoms with Crippen molar-refractivity contribution in [2.75, 3.05) is 14.1 Å². The highest BCUT2D eigenvalue weighted by Gasteiger charge is 2.44. The molecule has 1 rings (SSSR count). The lowest BCUT2D eigenvalue weighted by Gasteiger charge is -2.48. The van der Waals surface area contributed by atoms with Gasteiger partial charge in [0.05, 0.1) is 6.10 Å². The van der Waals surface area contributed by atoms with Crippen molar-refractivity contribution in [3.63, 3.8) is 0 Å². The van der Waals surface area contributed by atoms with Gasteiger partial charge in [0.2, 0.25) is 0 Å². The van der Waals surface area contributed by atoms with Crippen LogP contribution in [0.3, 0.4) is 0 Å². The fourth-order valence-electron chi connectivity index (χ4n) is 3.14. The number of likely N-dealkylation sites (N-methyl/N-ethyl adjacent to an activating group) is 1. The summed E-state index contributed by atoms with van der Waals surface area (Å²) in [5.74, 6) is 0.460. The highest BCUT2D eigenvalue weighted by Crippen LogP contribution is 2.40. The van der Waals surface area contributed by atoms with Crippen LogP contribution in [-0.4, -0.2) is 41.9 Å². The first kappa shape index (κ1) is 15.8. The Bertz CT molecular complexity index is 267. The third-order valence-electron chi connectivity index (χ3n) is 4.22. The Kier molecular flexibility index (Phi) is 5.06. The zero-order valence-corrected chi connectivity index (χ0v) is 11.4. The summed E-state index contributed by atoms with van der Waals surface area (Å²) in [4.78, 5) is 1.92. The number of alkyl halides is 3. The largest absolute Gasteiger partial charge is 0.391 e. The average Bonchev–Trinajstić information content (AvgIpc) is 2.24. The Morgan fingerprint density at radius 3 is 2.44 bits per heavy atom. The first-order chi connectivity index (χ1) is 8.17. The number of hydrogen-bond donors (Lipinski definition) is 1. The van der Waals surface area contributed by atoms with E-state index in [1.807, 2.05) is 19.0 Å². The summed E-state index contributed by atoms with van der Waals surface area (Å²) in [6.45, 7) is 2.11. The van der Waals surface area contributed by atoms with Gasteiger partial charge in [0.1, 0.15) is 0 Å². The van der Waals surface area contributed by atoms with Gasteiger partial charge < -0.3 is 10.0 Å². The second kappa shape index (κ2) is 5.78. The molecule has 3 atom stereocenters. The van der Waals surface area contributed by atoms with Gasteiger partial charge in [-0.05, 0) is 39.3 Å². The van der Waals surface area contributed by atoms with Gasteiger partial charge in [0.15, 0.2) is 0 Å². The van der Waals surface area contributed by atoms with Crippen LogP contribution in [0.15, 0.2) is 0 Å². The molecule has 0 spiro atoms. The summed E-state index contributed by atoms with van der Waals surface area (Å²) in [6.07, 6.45) is -2.56. The lowest BCUT2D eigenvalue weighted by atomic mass is 9.71. The van der Waals surface area contributed by atoms with E-state index >= 15 is 0 Å². The van der Waals surface area contributed by atoms with Gasteiger partial charge in [-0.1, -0.05) is 19.8 Å². The van der Waals surface area contributed by atoms with Crippen LogP contribution in [0.1, 0.15) is 45.4 Å². The molecule has 0 saturated heterocycles. The third kappa shape index (κ3) is 3.85. The van der Waals surface area contributed by atoms with E-state index in [-0.39, 0.29) is 6.42 Å². The van der Waals surface area contributed by atoms with E-state index in [9.17, 15) is 18.3 Å². The first-order valence-electron chi connectivity index (χ1n) is 6.59. The molecular weight excluding hydrogens is 243 g/mol. The molecule has 0 radical (unpaired) electrons. The van der Waals surface area contributed by atoms with Crippen molar-refractivity contribution >= 4 is 0 Å². The normalized spacial score (nSPS) is 31.7. The topological polar surface area (TPSA) is 23.5 Å². The molecule has 0 aromatic heterocycles. The average molecular weight is 267 g/mol. The Hall–Kier alpha value is -0.290. The Balaban J connectivity index is 2.71. The van der Waals surface area contributed by atoms with Crippen LogP contribution in [-0.2, 0) is 0 Å². The number of hydrogen-bond acceptors (Lipinski definition) is 2. The summed E-state index contributed by atoms with van der Waals surface area (Å²) >= 11 is 0. The fraction of sp³-hybridized carbons (Fsp3) is 1.00. The van der Waals surface area contributed by atoms with Crippen LogP contribution in [0.25, 0.3) is 0 Å². The van der Waals surface area contributed by atoms with Crippen molar-refractivity contribution in [3.05, 3.63) is 0 Å². The van der Waals surface area contributed by atoms with Gasteiger partial charge in [0.25, 0.3) is 0 Å². The first-order valence-corrected chi connectivity index (χ1v) is 6.59. The minimum absolute atomic E-state index is 0.200. The molecule has 1 N–H and O–H groups in total. The van der Waals surface area contributed by atoms with Crippen molar-refractivity contribution < 1.29 is 18.3 Å². The van der Waals surface area contributed by atoms with Crippen molar-refractivity contribution in [1.29, 1.82) is 0 Å². The molecule has 108 valence electrons. The molecule has 1 fully saturated rings. The third-order valence-corrected chi connectivity index (χ3v) is 4.22. The lowest BCUT2D eigenvalue weighted by Crippen LogP contribution is -2.56. The number of nitrogens with zero attached hydrogens (tertiary/aromatic N) is 1. The molecule has 0 heterocycles. The fourth-order valence-corrected chi connectivity index (χ4v) is 3.14. The molecule has 18 heavy (non-hydrogen) atoms. The predicted octanol–water partition coefficient (Wildman–Crippen LogP) is 3.20. The summed E-state index contributed by atoms with van der Waals surface area (Å²) in [7, 11) is 3.71. The van der Waals surface area contributed by atoms with E-state index in [0.717, 1.165) is 25.7 Å². The highest BCUT2D eigenvalue weighted by atomic mass is 19.4. The molecule has 1 saturated carbocycles. The Labute approximate surface area is 107 Å². The molecule has 2 nitrogen and oxygen atoms in total. The number of halogens is 3. The van der Waals surface area contributed by atoms with E-state index in [1.54, 1.807) is 0 Å². The lowest BCUT2D eigenvalue weighted by molar-refractivity contribution is -0.147. The van der Waals surface area contributed by atoms with Gasteiger partial charge in [0, 0.05) is 12.0 Å². The second-order valence-corrected chi connectivity index (χ2v) is 5.87. The molecule has 0 amide bonds. The molecule has 0 bridgehead atoms. The maximum Gasteiger partial charge on any atom is 0.389 e. The van der Waals surface area contributed by atoms with Crippen LogP contribution >= 0.6 is 0 Å². The van der Waals surface area contributed by atoms with Gasteiger partial charge >= 0.3 is 6.18 Å². The van der Waals surface area contributed by atoms with Crippen LogP contribution in [0.5, 0.6) is 0 Å². The molecule has 3 unspecified atom stereocenters. The Morgan fingerprint density at radius 2 is 2.00 bits per heavy atom. The number of aliphatic hydroxyl groups is 1. The maximum absolute atomic E-state index is 12.3. The monoisotopic (exact) mass is 267 g/mol. The van der Waals surface area contributed by atoms with Crippen molar-refractivity contribution in [2.45, 2.75) is 63.3 Å². The smallest absolute Gasteiger partial charge is 0.389 e. The summed E-state index contributed by atoms with van der Waals surface area (Å²) in [5, 5.41) is 10.2. The molecule has 0 aromatic carbocycles. The summed E-state index contributed by atoms with van der Waals surface area (Å²) in [5.41, 5.74) is -0.483. The molecule has 5 heteroatoms. The van der Waals surface area contributed by atoms with Gasteiger partial charge in [-0.3, -0.25) is 0 Å². The van der Waals surface area contributed by atoms with E-state index < -0.39 is 24.2 Å². The predicted molar refractivity (Wildman–Crippen MR) is 65.3 cm³/mol. The van der Waals surface area contributed by atoms with E-state index in [0.29, 0.717) is 5.92 Å². The quantitative estimate of drug-likeness (QED) is 0.845. The van der Waals surface area contributed by atoms with Crippen molar-refractivity contribution in [3.8, 4) is 0 Å². The zero-order chi connectivity index (χ0) is 14.0. The van der Waals surface area contributed by atoms with Crippen LogP contribution < -0.4 is 0 Å². The van der Waals surface area contributed by atoms with Gasteiger partial charge in [-0.2, -0.15) is 13.2 Å². The second-order valence-electron chi connectivity index (χ2n) is 5.87. The minimum Gasteiger partial charge on any atom is -0.391 e. The minimum atomic E-state index is -4.19. The number of rotatable bonds is 4. The van der Waals surface area contributed by atoms with E-state index in [1.165, 1.54) is 0 Å². The summed E-state index contributed by atoms with van der Waals surface area (Å²) < 4.78 is 36.8.